The molecule has 2 unspecified atom stereocenters. The summed E-state index contributed by atoms with van der Waals surface area (Å²) in [5, 5.41) is 3.34. The Kier molecular flexibility index (Phi) is 4.15. The lowest BCUT2D eigenvalue weighted by Crippen LogP contribution is -2.26. The molecule has 2 rings (SSSR count). The lowest BCUT2D eigenvalue weighted by Gasteiger charge is -2.24. The Labute approximate surface area is 115 Å². The summed E-state index contributed by atoms with van der Waals surface area (Å²) in [6.45, 7) is 9.24. The number of likely N-dealkylation sites (tertiary alicyclic amines) is 1. The monoisotopic (exact) mass is 266 g/mol. The second-order valence-electron chi connectivity index (χ2n) is 6.48. The van der Waals surface area contributed by atoms with E-state index < -0.39 is 0 Å². The molecule has 1 N–H and O–H groups in total. The van der Waals surface area contributed by atoms with Crippen molar-refractivity contribution in [2.45, 2.75) is 38.6 Å². The minimum Gasteiger partial charge on any atom is -0.319 e. The summed E-state index contributed by atoms with van der Waals surface area (Å²) in [4.78, 5) is 5.56. The van der Waals surface area contributed by atoms with Gasteiger partial charge in [0.05, 0.1) is 0 Å². The molecular formula is C15H26N2S. The Hall–Kier alpha value is -0.380. The van der Waals surface area contributed by atoms with Crippen LogP contribution in [0.1, 0.15) is 43.0 Å². The Morgan fingerprint density at radius 2 is 2.11 bits per heavy atom. The molecule has 2 atom stereocenters. The Morgan fingerprint density at radius 1 is 1.39 bits per heavy atom. The second-order valence-corrected chi connectivity index (χ2v) is 7.60. The summed E-state index contributed by atoms with van der Waals surface area (Å²) in [7, 11) is 4.32. The molecular weight excluding hydrogens is 240 g/mol. The average Bonchev–Trinajstić information content (AvgIpc) is 2.85. The van der Waals surface area contributed by atoms with E-state index in [2.05, 4.69) is 57.2 Å². The van der Waals surface area contributed by atoms with Gasteiger partial charge in [-0.3, -0.25) is 4.90 Å². The highest BCUT2D eigenvalue weighted by Crippen LogP contribution is 2.41. The van der Waals surface area contributed by atoms with Crippen LogP contribution < -0.4 is 5.32 Å². The average molecular weight is 266 g/mol. The molecule has 102 valence electrons. The predicted octanol–water partition coefficient (Wildman–Crippen LogP) is 3.26. The molecule has 0 bridgehead atoms. The van der Waals surface area contributed by atoms with Crippen LogP contribution in [0.25, 0.3) is 0 Å². The minimum atomic E-state index is 0.276. The van der Waals surface area contributed by atoms with Gasteiger partial charge in [-0.25, -0.2) is 0 Å². The van der Waals surface area contributed by atoms with Crippen LogP contribution in [0.2, 0.25) is 0 Å². The highest BCUT2D eigenvalue weighted by molar-refractivity contribution is 7.12. The zero-order valence-corrected chi connectivity index (χ0v) is 13.1. The summed E-state index contributed by atoms with van der Waals surface area (Å²) in [5.41, 5.74) is 0.276. The molecule has 1 aromatic heterocycles. The van der Waals surface area contributed by atoms with Gasteiger partial charge in [0.1, 0.15) is 0 Å². The Bertz CT molecular complexity index is 389. The molecule has 1 saturated heterocycles. The van der Waals surface area contributed by atoms with Gasteiger partial charge in [0, 0.05) is 15.8 Å². The molecule has 3 heteroatoms. The van der Waals surface area contributed by atoms with Gasteiger partial charge in [0.15, 0.2) is 0 Å². The zero-order chi connectivity index (χ0) is 13.3. The van der Waals surface area contributed by atoms with Gasteiger partial charge < -0.3 is 5.32 Å². The maximum atomic E-state index is 3.34. The highest BCUT2D eigenvalue weighted by Gasteiger charge is 2.33. The molecule has 1 fully saturated rings. The van der Waals surface area contributed by atoms with Crippen molar-refractivity contribution >= 4 is 11.3 Å². The maximum Gasteiger partial charge on any atom is 0.0479 e. The van der Waals surface area contributed by atoms with E-state index in [4.69, 9.17) is 0 Å². The molecule has 2 heterocycles. The molecule has 1 aliphatic rings. The fourth-order valence-corrected chi connectivity index (χ4v) is 4.19. The van der Waals surface area contributed by atoms with Crippen LogP contribution in [0, 0.1) is 5.92 Å². The van der Waals surface area contributed by atoms with Crippen molar-refractivity contribution in [2.75, 3.05) is 27.2 Å². The molecule has 0 spiro atoms. The first-order valence-electron chi connectivity index (χ1n) is 6.88. The number of hydrogen-bond donors (Lipinski definition) is 1. The molecule has 1 aliphatic heterocycles. The smallest absolute Gasteiger partial charge is 0.0479 e. The van der Waals surface area contributed by atoms with Crippen molar-refractivity contribution in [3.8, 4) is 0 Å². The summed E-state index contributed by atoms with van der Waals surface area (Å²) >= 11 is 2.00. The van der Waals surface area contributed by atoms with E-state index in [9.17, 15) is 0 Å². The lowest BCUT2D eigenvalue weighted by molar-refractivity contribution is 0.278. The summed E-state index contributed by atoms with van der Waals surface area (Å²) in [6, 6.07) is 5.28. The summed E-state index contributed by atoms with van der Waals surface area (Å²) in [6.07, 6.45) is 1.31. The third-order valence-corrected chi connectivity index (χ3v) is 5.48. The van der Waals surface area contributed by atoms with Crippen LogP contribution in [-0.2, 0) is 5.41 Å². The number of thiophene rings is 1. The van der Waals surface area contributed by atoms with E-state index in [1.165, 1.54) is 17.8 Å². The molecule has 1 aromatic rings. The van der Waals surface area contributed by atoms with Gasteiger partial charge in [-0.1, -0.05) is 20.8 Å². The third kappa shape index (κ3) is 2.79. The van der Waals surface area contributed by atoms with Gasteiger partial charge in [0.2, 0.25) is 0 Å². The Morgan fingerprint density at radius 3 is 2.67 bits per heavy atom. The minimum absolute atomic E-state index is 0.276. The molecule has 0 amide bonds. The normalized spacial score (nSPS) is 25.8. The predicted molar refractivity (Wildman–Crippen MR) is 80.4 cm³/mol. The lowest BCUT2D eigenvalue weighted by atomic mass is 9.94. The van der Waals surface area contributed by atoms with Gasteiger partial charge in [0.25, 0.3) is 0 Å². The second kappa shape index (κ2) is 5.32. The van der Waals surface area contributed by atoms with E-state index in [-0.39, 0.29) is 5.41 Å². The number of rotatable bonds is 3. The van der Waals surface area contributed by atoms with Gasteiger partial charge in [-0.2, -0.15) is 0 Å². The third-order valence-electron chi connectivity index (χ3n) is 3.90. The quantitative estimate of drug-likeness (QED) is 0.903. The number of nitrogens with zero attached hydrogens (tertiary/aromatic N) is 1. The van der Waals surface area contributed by atoms with Crippen molar-refractivity contribution in [2.24, 2.45) is 5.92 Å². The molecule has 0 aliphatic carbocycles. The summed E-state index contributed by atoms with van der Waals surface area (Å²) in [5.74, 6) is 0.756. The first kappa shape index (κ1) is 14.0. The molecule has 0 radical (unpaired) electrons. The highest BCUT2D eigenvalue weighted by atomic mass is 32.1. The number of nitrogens with one attached hydrogen (secondary N) is 1. The summed E-state index contributed by atoms with van der Waals surface area (Å²) < 4.78 is 0. The van der Waals surface area contributed by atoms with Crippen molar-refractivity contribution in [1.29, 1.82) is 0 Å². The first-order valence-corrected chi connectivity index (χ1v) is 7.70. The van der Waals surface area contributed by atoms with Crippen LogP contribution >= 0.6 is 11.3 Å². The van der Waals surface area contributed by atoms with Crippen LogP contribution in [-0.4, -0.2) is 32.1 Å². The SMILES string of the molecule is CNCC1CCN(C)C1c1ccc(C(C)(C)C)s1. The van der Waals surface area contributed by atoms with Gasteiger partial charge in [-0.05, 0) is 57.1 Å². The topological polar surface area (TPSA) is 15.3 Å². The fourth-order valence-electron chi connectivity index (χ4n) is 2.87. The van der Waals surface area contributed by atoms with Crippen molar-refractivity contribution in [3.05, 3.63) is 21.9 Å². The standard InChI is InChI=1S/C15H26N2S/c1-15(2,3)13-7-6-12(18-13)14-11(10-16-4)8-9-17(14)5/h6-7,11,14,16H,8-10H2,1-5H3. The van der Waals surface area contributed by atoms with E-state index in [1.807, 2.05) is 11.3 Å². The van der Waals surface area contributed by atoms with Crippen molar-refractivity contribution < 1.29 is 0 Å². The van der Waals surface area contributed by atoms with Crippen molar-refractivity contribution in [1.82, 2.24) is 10.2 Å². The van der Waals surface area contributed by atoms with Crippen LogP contribution in [0.5, 0.6) is 0 Å². The zero-order valence-electron chi connectivity index (χ0n) is 12.3. The maximum absolute atomic E-state index is 3.34. The first-order chi connectivity index (χ1) is 8.43. The van der Waals surface area contributed by atoms with Crippen LogP contribution in [0.15, 0.2) is 12.1 Å². The van der Waals surface area contributed by atoms with Gasteiger partial charge >= 0.3 is 0 Å². The molecule has 2 nitrogen and oxygen atoms in total. The van der Waals surface area contributed by atoms with E-state index in [0.717, 1.165) is 12.5 Å². The molecule has 0 aromatic carbocycles. The van der Waals surface area contributed by atoms with Crippen LogP contribution in [0.3, 0.4) is 0 Å². The molecule has 18 heavy (non-hydrogen) atoms. The van der Waals surface area contributed by atoms with Crippen molar-refractivity contribution in [3.63, 3.8) is 0 Å². The fraction of sp³-hybridized carbons (Fsp3) is 0.733. The van der Waals surface area contributed by atoms with E-state index >= 15 is 0 Å². The molecule has 0 saturated carbocycles. The number of hydrogen-bond acceptors (Lipinski definition) is 3. The van der Waals surface area contributed by atoms with E-state index in [0.29, 0.717) is 6.04 Å². The van der Waals surface area contributed by atoms with Gasteiger partial charge in [-0.15, -0.1) is 11.3 Å². The largest absolute Gasteiger partial charge is 0.319 e. The van der Waals surface area contributed by atoms with Crippen LogP contribution in [0.4, 0.5) is 0 Å². The van der Waals surface area contributed by atoms with E-state index in [1.54, 1.807) is 4.88 Å². The Balaban J connectivity index is 2.21.